The molecule has 1 aromatic rings. The Morgan fingerprint density at radius 2 is 2.32 bits per heavy atom. The van der Waals surface area contributed by atoms with Crippen molar-refractivity contribution in [2.45, 2.75) is 32.7 Å². The van der Waals surface area contributed by atoms with Gasteiger partial charge < -0.3 is 15.4 Å². The predicted octanol–water partition coefficient (Wildman–Crippen LogP) is 1.68. The van der Waals surface area contributed by atoms with Crippen LogP contribution in [0.15, 0.2) is 0 Å². The van der Waals surface area contributed by atoms with Gasteiger partial charge in [-0.05, 0) is 12.8 Å². The molecule has 2 rings (SSSR count). The Kier molecular flexibility index (Phi) is 4.90. The van der Waals surface area contributed by atoms with Gasteiger partial charge in [0.1, 0.15) is 9.88 Å². The highest BCUT2D eigenvalue weighted by atomic mass is 32.1. The molecule has 0 aromatic carbocycles. The molecular weight excluding hydrogens is 262 g/mol. The monoisotopic (exact) mass is 283 g/mol. The van der Waals surface area contributed by atoms with Crippen molar-refractivity contribution in [1.29, 1.82) is 0 Å². The third kappa shape index (κ3) is 3.32. The number of nitrogens with one attached hydrogen (secondary N) is 2. The first-order chi connectivity index (χ1) is 9.13. The maximum absolute atomic E-state index is 12.0. The second-order valence-electron chi connectivity index (χ2n) is 4.85. The molecule has 0 spiro atoms. The summed E-state index contributed by atoms with van der Waals surface area (Å²) in [6.45, 7) is 9.07. The molecule has 1 unspecified atom stereocenters. The average Bonchev–Trinajstić information content (AvgIpc) is 2.85. The lowest BCUT2D eigenvalue weighted by Gasteiger charge is -2.22. The maximum atomic E-state index is 12.0. The summed E-state index contributed by atoms with van der Waals surface area (Å²) in [5, 5.41) is 7.72. The number of nitrogens with zero attached hydrogens (tertiary/aromatic N) is 1. The summed E-state index contributed by atoms with van der Waals surface area (Å²) in [5.74, 6) is -0.0281. The Morgan fingerprint density at radius 1 is 1.53 bits per heavy atom. The van der Waals surface area contributed by atoms with Gasteiger partial charge in [0, 0.05) is 19.6 Å². The zero-order chi connectivity index (χ0) is 13.8. The van der Waals surface area contributed by atoms with Crippen LogP contribution in [0.1, 0.15) is 53.1 Å². The van der Waals surface area contributed by atoms with Gasteiger partial charge in [0.25, 0.3) is 0 Å². The molecule has 0 amide bonds. The summed E-state index contributed by atoms with van der Waals surface area (Å²) >= 11 is 1.45. The Hall–Kier alpha value is -0.980. The van der Waals surface area contributed by atoms with Crippen molar-refractivity contribution in [3.05, 3.63) is 15.6 Å². The molecule has 6 heteroatoms. The van der Waals surface area contributed by atoms with Gasteiger partial charge in [-0.15, -0.1) is 11.3 Å². The van der Waals surface area contributed by atoms with Gasteiger partial charge in [0.05, 0.1) is 18.3 Å². The zero-order valence-electron chi connectivity index (χ0n) is 11.7. The average molecular weight is 283 g/mol. The highest BCUT2D eigenvalue weighted by Crippen LogP contribution is 2.29. The summed E-state index contributed by atoms with van der Waals surface area (Å²) in [6.07, 6.45) is 0. The molecule has 19 heavy (non-hydrogen) atoms. The van der Waals surface area contributed by atoms with Gasteiger partial charge >= 0.3 is 5.97 Å². The second-order valence-corrected chi connectivity index (χ2v) is 5.88. The van der Waals surface area contributed by atoms with Crippen LogP contribution in [0, 0.1) is 0 Å². The van der Waals surface area contributed by atoms with E-state index in [0.29, 0.717) is 11.5 Å². The fourth-order valence-electron chi connectivity index (χ4n) is 2.06. The number of hydrogen-bond acceptors (Lipinski definition) is 6. The SMILES string of the molecule is CCOC(=O)c1sc(C2CNCCN2)nc1C(C)C. The summed E-state index contributed by atoms with van der Waals surface area (Å²) in [7, 11) is 0. The highest BCUT2D eigenvalue weighted by molar-refractivity contribution is 7.13. The summed E-state index contributed by atoms with van der Waals surface area (Å²) < 4.78 is 5.11. The molecule has 2 N–H and O–H groups in total. The second kappa shape index (κ2) is 6.45. The van der Waals surface area contributed by atoms with Crippen molar-refractivity contribution < 1.29 is 9.53 Å². The molecule has 0 radical (unpaired) electrons. The highest BCUT2D eigenvalue weighted by Gasteiger charge is 2.25. The third-order valence-corrected chi connectivity index (χ3v) is 4.18. The molecule has 1 atom stereocenters. The third-order valence-electron chi connectivity index (χ3n) is 3.02. The number of hydrogen-bond donors (Lipinski definition) is 2. The first-order valence-electron chi connectivity index (χ1n) is 6.75. The largest absolute Gasteiger partial charge is 0.462 e. The van der Waals surface area contributed by atoms with Crippen molar-refractivity contribution in [3.63, 3.8) is 0 Å². The van der Waals surface area contributed by atoms with E-state index in [9.17, 15) is 4.79 Å². The lowest BCUT2D eigenvalue weighted by atomic mass is 10.1. The van der Waals surface area contributed by atoms with E-state index in [0.717, 1.165) is 30.3 Å². The first-order valence-corrected chi connectivity index (χ1v) is 7.57. The lowest BCUT2D eigenvalue weighted by Crippen LogP contribution is -2.42. The molecule has 1 fully saturated rings. The minimum absolute atomic E-state index is 0.194. The van der Waals surface area contributed by atoms with Crippen molar-refractivity contribution in [2.75, 3.05) is 26.2 Å². The first kappa shape index (κ1) is 14.4. The summed E-state index contributed by atoms with van der Waals surface area (Å²) in [6, 6.07) is 0.194. The van der Waals surface area contributed by atoms with Crippen LogP contribution >= 0.6 is 11.3 Å². The number of aromatic nitrogens is 1. The van der Waals surface area contributed by atoms with E-state index in [1.807, 2.05) is 20.8 Å². The number of rotatable bonds is 4. The van der Waals surface area contributed by atoms with Gasteiger partial charge in [-0.2, -0.15) is 0 Å². The zero-order valence-corrected chi connectivity index (χ0v) is 12.5. The minimum Gasteiger partial charge on any atom is -0.462 e. The molecule has 0 aliphatic carbocycles. The number of thiazole rings is 1. The van der Waals surface area contributed by atoms with Gasteiger partial charge in [0.2, 0.25) is 0 Å². The number of carbonyl (C=O) groups excluding carboxylic acids is 1. The lowest BCUT2D eigenvalue weighted by molar-refractivity contribution is 0.0530. The molecule has 1 aliphatic heterocycles. The van der Waals surface area contributed by atoms with Crippen LogP contribution in [-0.4, -0.2) is 37.2 Å². The molecular formula is C13H21N3O2S. The van der Waals surface area contributed by atoms with E-state index in [1.165, 1.54) is 11.3 Å². The molecule has 1 saturated heterocycles. The van der Waals surface area contributed by atoms with Crippen LogP contribution in [0.4, 0.5) is 0 Å². The smallest absolute Gasteiger partial charge is 0.350 e. The van der Waals surface area contributed by atoms with E-state index in [2.05, 4.69) is 15.6 Å². The fraction of sp³-hybridized carbons (Fsp3) is 0.692. The van der Waals surface area contributed by atoms with Gasteiger partial charge in [-0.1, -0.05) is 13.8 Å². The van der Waals surface area contributed by atoms with E-state index in [-0.39, 0.29) is 17.9 Å². The van der Waals surface area contributed by atoms with Crippen molar-refractivity contribution in [1.82, 2.24) is 15.6 Å². The normalized spacial score (nSPS) is 19.7. The number of piperazine rings is 1. The van der Waals surface area contributed by atoms with Gasteiger partial charge in [0.15, 0.2) is 0 Å². The maximum Gasteiger partial charge on any atom is 0.350 e. The summed E-state index contributed by atoms with van der Waals surface area (Å²) in [4.78, 5) is 17.3. The minimum atomic E-state index is -0.251. The van der Waals surface area contributed by atoms with Crippen LogP contribution < -0.4 is 10.6 Å². The molecule has 106 valence electrons. The Balaban J connectivity index is 2.26. The molecule has 5 nitrogen and oxygen atoms in total. The van der Waals surface area contributed by atoms with E-state index in [4.69, 9.17) is 4.74 Å². The van der Waals surface area contributed by atoms with E-state index in [1.54, 1.807) is 0 Å². The van der Waals surface area contributed by atoms with Crippen LogP contribution in [0.2, 0.25) is 0 Å². The van der Waals surface area contributed by atoms with Crippen LogP contribution in [0.3, 0.4) is 0 Å². The standard InChI is InChI=1S/C13H21N3O2S/c1-4-18-13(17)11-10(8(2)3)16-12(19-11)9-7-14-5-6-15-9/h8-9,14-15H,4-7H2,1-3H3. The van der Waals surface area contributed by atoms with Crippen LogP contribution in [0.25, 0.3) is 0 Å². The predicted molar refractivity (Wildman–Crippen MR) is 75.8 cm³/mol. The fourth-order valence-corrected chi connectivity index (χ4v) is 3.25. The van der Waals surface area contributed by atoms with Crippen LogP contribution in [-0.2, 0) is 4.74 Å². The molecule has 0 bridgehead atoms. The van der Waals surface area contributed by atoms with E-state index < -0.39 is 0 Å². The topological polar surface area (TPSA) is 63.2 Å². The Bertz CT molecular complexity index is 439. The quantitative estimate of drug-likeness (QED) is 0.823. The molecule has 1 aliphatic rings. The Morgan fingerprint density at radius 3 is 2.89 bits per heavy atom. The molecule has 2 heterocycles. The molecule has 0 saturated carbocycles. The number of ether oxygens (including phenoxy) is 1. The van der Waals surface area contributed by atoms with Crippen LogP contribution in [0.5, 0.6) is 0 Å². The van der Waals surface area contributed by atoms with Gasteiger partial charge in [-0.3, -0.25) is 0 Å². The Labute approximate surface area is 117 Å². The van der Waals surface area contributed by atoms with E-state index >= 15 is 0 Å². The summed E-state index contributed by atoms with van der Waals surface area (Å²) in [5.41, 5.74) is 0.853. The van der Waals surface area contributed by atoms with Crippen molar-refractivity contribution in [3.8, 4) is 0 Å². The molecule has 1 aromatic heterocycles. The van der Waals surface area contributed by atoms with Gasteiger partial charge in [-0.25, -0.2) is 9.78 Å². The van der Waals surface area contributed by atoms with Crippen molar-refractivity contribution >= 4 is 17.3 Å². The number of esters is 1. The van der Waals surface area contributed by atoms with Crippen molar-refractivity contribution in [2.24, 2.45) is 0 Å². The number of carbonyl (C=O) groups is 1.